The van der Waals surface area contributed by atoms with Crippen LogP contribution < -0.4 is 15.8 Å². The summed E-state index contributed by atoms with van der Waals surface area (Å²) in [4.78, 5) is 25.4. The van der Waals surface area contributed by atoms with Crippen molar-refractivity contribution < 1.29 is 22.7 Å². The van der Waals surface area contributed by atoms with Crippen molar-refractivity contribution in [1.82, 2.24) is 9.21 Å². The van der Waals surface area contributed by atoms with Gasteiger partial charge in [0, 0.05) is 26.2 Å². The lowest BCUT2D eigenvalue weighted by atomic mass is 10.2. The highest BCUT2D eigenvalue weighted by atomic mass is 32.2. The van der Waals surface area contributed by atoms with Crippen LogP contribution in [0.15, 0.2) is 23.1 Å². The molecule has 1 aromatic carbocycles. The number of nitrogens with two attached hydrogens (primary N) is 1. The third-order valence-corrected chi connectivity index (χ3v) is 6.86. The summed E-state index contributed by atoms with van der Waals surface area (Å²) < 4.78 is 32.4. The molecule has 1 saturated carbocycles. The zero-order chi connectivity index (χ0) is 18.5. The molecule has 2 fully saturated rings. The summed E-state index contributed by atoms with van der Waals surface area (Å²) in [5.41, 5.74) is 5.54. The topological polar surface area (TPSA) is 122 Å². The van der Waals surface area contributed by atoms with Gasteiger partial charge in [0.2, 0.25) is 15.9 Å². The van der Waals surface area contributed by atoms with Crippen LogP contribution in [-0.2, 0) is 19.6 Å². The van der Waals surface area contributed by atoms with Crippen LogP contribution in [0, 0.1) is 0 Å². The van der Waals surface area contributed by atoms with E-state index in [9.17, 15) is 18.0 Å². The number of rotatable bonds is 3. The van der Waals surface area contributed by atoms with Crippen LogP contribution in [0.4, 0.5) is 5.69 Å². The number of carbonyl (C=O) groups excluding carboxylic acids is 2. The first-order valence-electron chi connectivity index (χ1n) is 8.45. The minimum Gasteiger partial charge on any atom is -0.482 e. The van der Waals surface area contributed by atoms with Gasteiger partial charge < -0.3 is 20.7 Å². The van der Waals surface area contributed by atoms with Gasteiger partial charge in [-0.15, -0.1) is 0 Å². The zero-order valence-electron chi connectivity index (χ0n) is 14.1. The predicted molar refractivity (Wildman–Crippen MR) is 92.1 cm³/mol. The molecule has 2 amide bonds. The van der Waals surface area contributed by atoms with E-state index in [1.54, 1.807) is 4.90 Å². The second-order valence-electron chi connectivity index (χ2n) is 6.85. The molecule has 3 N–H and O–H groups in total. The fourth-order valence-electron chi connectivity index (χ4n) is 3.17. The molecule has 3 aliphatic rings. The largest absolute Gasteiger partial charge is 0.482 e. The van der Waals surface area contributed by atoms with Crippen molar-refractivity contribution in [2.24, 2.45) is 5.73 Å². The number of hydrogen-bond donors (Lipinski definition) is 2. The van der Waals surface area contributed by atoms with E-state index in [1.165, 1.54) is 22.5 Å². The SMILES string of the molecule is NC1(C(=O)N2CCN(S(=O)(=O)c3ccc4c(c3)NC(=O)CO4)CC2)CC1. The maximum absolute atomic E-state index is 12.9. The highest BCUT2D eigenvalue weighted by molar-refractivity contribution is 7.89. The normalized spacial score (nSPS) is 22.2. The van der Waals surface area contributed by atoms with Crippen molar-refractivity contribution in [2.45, 2.75) is 23.3 Å². The average molecular weight is 380 g/mol. The van der Waals surface area contributed by atoms with E-state index in [0.29, 0.717) is 37.4 Å². The Labute approximate surface area is 151 Å². The lowest BCUT2D eigenvalue weighted by molar-refractivity contribution is -0.134. The number of sulfonamides is 1. The lowest BCUT2D eigenvalue weighted by Gasteiger charge is -2.35. The fourth-order valence-corrected chi connectivity index (χ4v) is 4.62. The van der Waals surface area contributed by atoms with Crippen molar-refractivity contribution in [2.75, 3.05) is 38.1 Å². The highest BCUT2D eigenvalue weighted by Crippen LogP contribution is 2.35. The van der Waals surface area contributed by atoms with Gasteiger partial charge in [0.25, 0.3) is 5.91 Å². The molecule has 0 radical (unpaired) electrons. The maximum atomic E-state index is 12.9. The molecule has 2 aliphatic heterocycles. The van der Waals surface area contributed by atoms with Crippen LogP contribution >= 0.6 is 0 Å². The first-order valence-corrected chi connectivity index (χ1v) is 9.89. The number of piperazine rings is 1. The van der Waals surface area contributed by atoms with E-state index in [2.05, 4.69) is 5.32 Å². The molecular formula is C16H20N4O5S. The zero-order valence-corrected chi connectivity index (χ0v) is 14.9. The van der Waals surface area contributed by atoms with Gasteiger partial charge in [0.05, 0.1) is 16.1 Å². The number of anilines is 1. The number of carbonyl (C=O) groups is 2. The maximum Gasteiger partial charge on any atom is 0.262 e. The average Bonchev–Trinajstić information content (AvgIpc) is 3.39. The molecular weight excluding hydrogens is 360 g/mol. The Morgan fingerprint density at radius 1 is 1.19 bits per heavy atom. The Kier molecular flexibility index (Phi) is 3.94. The summed E-state index contributed by atoms with van der Waals surface area (Å²) >= 11 is 0. The standard InChI is InChI=1S/C16H20N4O5S/c17-16(3-4-16)15(22)19-5-7-20(8-6-19)26(23,24)11-1-2-13-12(9-11)18-14(21)10-25-13/h1-2,9H,3-8,10,17H2,(H,18,21). The number of ether oxygens (including phenoxy) is 1. The lowest BCUT2D eigenvalue weighted by Crippen LogP contribution is -2.55. The summed E-state index contributed by atoms with van der Waals surface area (Å²) in [6, 6.07) is 4.40. The summed E-state index contributed by atoms with van der Waals surface area (Å²) in [6.45, 7) is 0.982. The molecule has 1 aliphatic carbocycles. The highest BCUT2D eigenvalue weighted by Gasteiger charge is 2.48. The first kappa shape index (κ1) is 17.3. The molecule has 1 saturated heterocycles. The third kappa shape index (κ3) is 2.93. The Balaban J connectivity index is 1.48. The number of amides is 2. The molecule has 2 heterocycles. The van der Waals surface area contributed by atoms with Gasteiger partial charge in [0.15, 0.2) is 6.61 Å². The van der Waals surface area contributed by atoms with Gasteiger partial charge in [-0.25, -0.2) is 8.42 Å². The summed E-state index contributed by atoms with van der Waals surface area (Å²) in [7, 11) is -3.72. The molecule has 10 heteroatoms. The second-order valence-corrected chi connectivity index (χ2v) is 8.79. The first-order chi connectivity index (χ1) is 12.3. The molecule has 140 valence electrons. The van der Waals surface area contributed by atoms with Crippen LogP contribution in [0.3, 0.4) is 0 Å². The van der Waals surface area contributed by atoms with E-state index in [0.717, 1.165) is 0 Å². The second kappa shape index (κ2) is 5.93. The van der Waals surface area contributed by atoms with E-state index in [1.807, 2.05) is 0 Å². The van der Waals surface area contributed by atoms with E-state index in [4.69, 9.17) is 10.5 Å². The molecule has 4 rings (SSSR count). The minimum absolute atomic E-state index is 0.0827. The van der Waals surface area contributed by atoms with E-state index >= 15 is 0 Å². The molecule has 0 unspecified atom stereocenters. The van der Waals surface area contributed by atoms with Gasteiger partial charge in [-0.1, -0.05) is 0 Å². The predicted octanol–water partition coefficient (Wildman–Crippen LogP) is -0.658. The van der Waals surface area contributed by atoms with Crippen molar-refractivity contribution >= 4 is 27.5 Å². The number of fused-ring (bicyclic) bond motifs is 1. The Bertz CT molecular complexity index is 873. The van der Waals surface area contributed by atoms with Crippen molar-refractivity contribution in [1.29, 1.82) is 0 Å². The van der Waals surface area contributed by atoms with E-state index in [-0.39, 0.29) is 36.4 Å². The molecule has 26 heavy (non-hydrogen) atoms. The monoisotopic (exact) mass is 380 g/mol. The fraction of sp³-hybridized carbons (Fsp3) is 0.500. The molecule has 1 aromatic rings. The van der Waals surface area contributed by atoms with Crippen LogP contribution in [0.25, 0.3) is 0 Å². The van der Waals surface area contributed by atoms with Crippen LogP contribution in [-0.4, -0.2) is 67.8 Å². The summed E-state index contributed by atoms with van der Waals surface area (Å²) in [5, 5.41) is 2.61. The number of nitrogens with one attached hydrogen (secondary N) is 1. The van der Waals surface area contributed by atoms with Gasteiger partial charge in [-0.3, -0.25) is 9.59 Å². The van der Waals surface area contributed by atoms with Gasteiger partial charge in [-0.05, 0) is 31.0 Å². The Morgan fingerprint density at radius 2 is 1.88 bits per heavy atom. The molecule has 0 aromatic heterocycles. The number of hydrogen-bond acceptors (Lipinski definition) is 6. The molecule has 0 spiro atoms. The summed E-state index contributed by atoms with van der Waals surface area (Å²) in [6.07, 6.45) is 1.38. The van der Waals surface area contributed by atoms with Crippen molar-refractivity contribution in [3.63, 3.8) is 0 Å². The Hall–Kier alpha value is -2.17. The van der Waals surface area contributed by atoms with E-state index < -0.39 is 15.6 Å². The molecule has 9 nitrogen and oxygen atoms in total. The minimum atomic E-state index is -3.72. The van der Waals surface area contributed by atoms with Crippen LogP contribution in [0.5, 0.6) is 5.75 Å². The van der Waals surface area contributed by atoms with Gasteiger partial charge in [-0.2, -0.15) is 4.31 Å². The van der Waals surface area contributed by atoms with Gasteiger partial charge >= 0.3 is 0 Å². The number of nitrogens with zero attached hydrogens (tertiary/aromatic N) is 2. The number of benzene rings is 1. The third-order valence-electron chi connectivity index (χ3n) is 4.96. The van der Waals surface area contributed by atoms with Crippen LogP contribution in [0.2, 0.25) is 0 Å². The van der Waals surface area contributed by atoms with Crippen LogP contribution in [0.1, 0.15) is 12.8 Å². The quantitative estimate of drug-likeness (QED) is 0.718. The Morgan fingerprint density at radius 3 is 2.54 bits per heavy atom. The molecule has 0 atom stereocenters. The summed E-state index contributed by atoms with van der Waals surface area (Å²) in [5.74, 6) is 0.0230. The smallest absolute Gasteiger partial charge is 0.262 e. The van der Waals surface area contributed by atoms with Gasteiger partial charge in [0.1, 0.15) is 5.75 Å². The molecule has 0 bridgehead atoms. The van der Waals surface area contributed by atoms with Crippen molar-refractivity contribution in [3.05, 3.63) is 18.2 Å². The van der Waals surface area contributed by atoms with Crippen molar-refractivity contribution in [3.8, 4) is 5.75 Å².